The minimum absolute atomic E-state index is 0.313. The van der Waals surface area contributed by atoms with Gasteiger partial charge in [-0.25, -0.2) is 9.97 Å². The minimum Gasteiger partial charge on any atom is -0.481 e. The quantitative estimate of drug-likeness (QED) is 0.490. The lowest BCUT2D eigenvalue weighted by atomic mass is 9.96. The molecule has 0 aliphatic carbocycles. The van der Waals surface area contributed by atoms with Gasteiger partial charge in [-0.3, -0.25) is 9.59 Å². The van der Waals surface area contributed by atoms with E-state index in [4.69, 9.17) is 4.98 Å². The maximum absolute atomic E-state index is 13.0. The molecule has 3 aromatic rings. The Balaban J connectivity index is 1.66. The predicted molar refractivity (Wildman–Crippen MR) is 129 cm³/mol. The molecule has 0 spiro atoms. The van der Waals surface area contributed by atoms with Gasteiger partial charge in [-0.1, -0.05) is 6.07 Å². The zero-order chi connectivity index (χ0) is 24.5. The predicted octanol–water partition coefficient (Wildman–Crippen LogP) is 3.29. The average molecular weight is 466 g/mol. The summed E-state index contributed by atoms with van der Waals surface area (Å²) >= 11 is 0. The molecule has 4 heterocycles. The van der Waals surface area contributed by atoms with Crippen molar-refractivity contribution in [2.75, 3.05) is 23.3 Å². The number of aliphatic carboxylic acids is 1. The summed E-state index contributed by atoms with van der Waals surface area (Å²) in [6.45, 7) is 6.53. The third kappa shape index (κ3) is 5.53. The Hall–Kier alpha value is -3.46. The van der Waals surface area contributed by atoms with Gasteiger partial charge in [0.25, 0.3) is 5.91 Å². The molecule has 1 fully saturated rings. The molecule has 0 unspecified atom stereocenters. The van der Waals surface area contributed by atoms with Crippen molar-refractivity contribution in [3.8, 4) is 0 Å². The van der Waals surface area contributed by atoms with E-state index in [-0.39, 0.29) is 11.8 Å². The van der Waals surface area contributed by atoms with Crippen molar-refractivity contribution in [1.82, 2.24) is 14.4 Å². The van der Waals surface area contributed by atoms with Crippen LogP contribution in [0, 0.1) is 12.8 Å². The Morgan fingerprint density at radius 3 is 2.56 bits per heavy atom. The molecule has 3 aromatic heterocycles. The largest absolute Gasteiger partial charge is 0.481 e. The van der Waals surface area contributed by atoms with E-state index in [0.29, 0.717) is 50.2 Å². The molecule has 34 heavy (non-hydrogen) atoms. The highest BCUT2D eigenvalue weighted by Crippen LogP contribution is 2.32. The minimum atomic E-state index is -0.782. The number of hydrogen-bond donors (Lipinski definition) is 3. The van der Waals surface area contributed by atoms with Gasteiger partial charge in [0.05, 0.1) is 28.6 Å². The van der Waals surface area contributed by atoms with Gasteiger partial charge in [0.15, 0.2) is 0 Å². The summed E-state index contributed by atoms with van der Waals surface area (Å²) in [5.41, 5.74) is 3.29. The van der Waals surface area contributed by atoms with Gasteiger partial charge in [0.1, 0.15) is 11.3 Å². The summed E-state index contributed by atoms with van der Waals surface area (Å²) < 4.78 is 1.87. The van der Waals surface area contributed by atoms with Crippen molar-refractivity contribution in [3.05, 3.63) is 53.7 Å². The lowest BCUT2D eigenvalue weighted by molar-refractivity contribution is -0.142. The van der Waals surface area contributed by atoms with Crippen LogP contribution < -0.4 is 10.2 Å². The molecule has 9 heteroatoms. The number of nitrogens with zero attached hydrogens (tertiary/aromatic N) is 4. The molecule has 1 aliphatic rings. The molecular weight excluding hydrogens is 434 g/mol. The van der Waals surface area contributed by atoms with Crippen LogP contribution in [0.2, 0.25) is 0 Å². The molecule has 0 radical (unpaired) electrons. The molecular formula is C25H31N5O4. The number of carboxylic acid groups (broad SMARTS) is 1. The standard InChI is InChI=1S/C25H31N5O4/c1-16-5-4-6-19(26-16)23(31)28-20-15-30-14-18(7-10-25(2,3)34)27-22(30)13-21(20)29-11-8-17(9-12-29)24(32)33/h4-6,13-15,17,34H,7-12H2,1-3H3,(H,28,31)(H,32,33). The molecule has 0 aromatic carbocycles. The monoisotopic (exact) mass is 465 g/mol. The Kier molecular flexibility index (Phi) is 6.56. The first-order valence-corrected chi connectivity index (χ1v) is 11.6. The van der Waals surface area contributed by atoms with E-state index in [2.05, 4.69) is 15.2 Å². The van der Waals surface area contributed by atoms with Crippen LogP contribution in [0.1, 0.15) is 55.0 Å². The number of imidazole rings is 1. The number of amides is 1. The molecule has 0 saturated carbocycles. The van der Waals surface area contributed by atoms with E-state index < -0.39 is 11.6 Å². The molecule has 1 saturated heterocycles. The molecule has 0 bridgehead atoms. The summed E-state index contributed by atoms with van der Waals surface area (Å²) in [4.78, 5) is 35.5. The summed E-state index contributed by atoms with van der Waals surface area (Å²) in [5.74, 6) is -1.43. The second-order valence-corrected chi connectivity index (χ2v) is 9.60. The van der Waals surface area contributed by atoms with Gasteiger partial charge in [-0.15, -0.1) is 0 Å². The molecule has 180 valence electrons. The number of anilines is 2. The number of carboxylic acids is 1. The van der Waals surface area contributed by atoms with Crippen molar-refractivity contribution in [2.24, 2.45) is 5.92 Å². The third-order valence-electron chi connectivity index (χ3n) is 6.17. The smallest absolute Gasteiger partial charge is 0.306 e. The van der Waals surface area contributed by atoms with E-state index in [1.165, 1.54) is 0 Å². The Morgan fingerprint density at radius 2 is 1.91 bits per heavy atom. The van der Waals surface area contributed by atoms with E-state index in [9.17, 15) is 19.8 Å². The van der Waals surface area contributed by atoms with Gasteiger partial charge >= 0.3 is 5.97 Å². The Labute approximate surface area is 198 Å². The van der Waals surface area contributed by atoms with Gasteiger partial charge < -0.3 is 24.8 Å². The molecule has 1 aliphatic heterocycles. The van der Waals surface area contributed by atoms with Crippen molar-refractivity contribution in [3.63, 3.8) is 0 Å². The SMILES string of the molecule is Cc1cccc(C(=O)Nc2cn3cc(CCC(C)(C)O)nc3cc2N2CCC(C(=O)O)CC2)n1. The summed E-state index contributed by atoms with van der Waals surface area (Å²) in [5, 5.41) is 22.4. The van der Waals surface area contributed by atoms with Crippen LogP contribution in [0.15, 0.2) is 36.7 Å². The van der Waals surface area contributed by atoms with Crippen LogP contribution in [0.25, 0.3) is 5.65 Å². The zero-order valence-electron chi connectivity index (χ0n) is 19.8. The normalized spacial score (nSPS) is 15.0. The van der Waals surface area contributed by atoms with Crippen LogP contribution >= 0.6 is 0 Å². The summed E-state index contributed by atoms with van der Waals surface area (Å²) in [7, 11) is 0. The van der Waals surface area contributed by atoms with Crippen molar-refractivity contribution >= 4 is 28.9 Å². The van der Waals surface area contributed by atoms with E-state index in [1.807, 2.05) is 35.9 Å². The van der Waals surface area contributed by atoms with Gasteiger partial charge in [-0.2, -0.15) is 0 Å². The van der Waals surface area contributed by atoms with Crippen LogP contribution in [0.5, 0.6) is 0 Å². The van der Waals surface area contributed by atoms with Gasteiger partial charge in [-0.05, 0) is 58.6 Å². The van der Waals surface area contributed by atoms with Crippen molar-refractivity contribution in [1.29, 1.82) is 0 Å². The third-order valence-corrected chi connectivity index (χ3v) is 6.17. The summed E-state index contributed by atoms with van der Waals surface area (Å²) in [6, 6.07) is 7.23. The number of carbonyl (C=O) groups excluding carboxylic acids is 1. The maximum Gasteiger partial charge on any atom is 0.306 e. The van der Waals surface area contributed by atoms with E-state index in [1.54, 1.807) is 26.0 Å². The van der Waals surface area contributed by atoms with Crippen molar-refractivity contribution < 1.29 is 19.8 Å². The second kappa shape index (κ2) is 9.42. The number of nitrogens with one attached hydrogen (secondary N) is 1. The van der Waals surface area contributed by atoms with Crippen LogP contribution in [-0.2, 0) is 11.2 Å². The lowest BCUT2D eigenvalue weighted by Crippen LogP contribution is -2.37. The topological polar surface area (TPSA) is 120 Å². The number of carbonyl (C=O) groups is 2. The highest BCUT2D eigenvalue weighted by molar-refractivity contribution is 6.04. The first-order chi connectivity index (χ1) is 16.1. The summed E-state index contributed by atoms with van der Waals surface area (Å²) in [6.07, 6.45) is 6.02. The van der Waals surface area contributed by atoms with Gasteiger partial charge in [0, 0.05) is 37.2 Å². The zero-order valence-corrected chi connectivity index (χ0v) is 19.8. The number of aromatic nitrogens is 3. The number of aliphatic hydroxyl groups is 1. The maximum atomic E-state index is 13.0. The molecule has 9 nitrogen and oxygen atoms in total. The molecule has 3 N–H and O–H groups in total. The number of rotatable bonds is 7. The fourth-order valence-corrected chi connectivity index (χ4v) is 4.21. The van der Waals surface area contributed by atoms with Crippen LogP contribution in [0.4, 0.5) is 11.4 Å². The number of piperidine rings is 1. The molecule has 1 amide bonds. The molecule has 4 rings (SSSR count). The first-order valence-electron chi connectivity index (χ1n) is 11.6. The number of pyridine rings is 2. The fraction of sp³-hybridized carbons (Fsp3) is 0.440. The average Bonchev–Trinajstić information content (AvgIpc) is 3.18. The van der Waals surface area contributed by atoms with E-state index in [0.717, 1.165) is 22.7 Å². The van der Waals surface area contributed by atoms with Gasteiger partial charge in [0.2, 0.25) is 0 Å². The van der Waals surface area contributed by atoms with Crippen molar-refractivity contribution in [2.45, 2.75) is 52.1 Å². The fourth-order valence-electron chi connectivity index (χ4n) is 4.21. The van der Waals surface area contributed by atoms with Crippen LogP contribution in [0.3, 0.4) is 0 Å². The Bertz CT molecular complexity index is 1210. The second-order valence-electron chi connectivity index (χ2n) is 9.60. The highest BCUT2D eigenvalue weighted by Gasteiger charge is 2.27. The number of fused-ring (bicyclic) bond motifs is 1. The number of hydrogen-bond acceptors (Lipinski definition) is 6. The Morgan fingerprint density at radius 1 is 1.18 bits per heavy atom. The van der Waals surface area contributed by atoms with E-state index >= 15 is 0 Å². The van der Waals surface area contributed by atoms with Crippen LogP contribution in [-0.4, -0.2) is 55.1 Å². The highest BCUT2D eigenvalue weighted by atomic mass is 16.4. The lowest BCUT2D eigenvalue weighted by Gasteiger charge is -2.33. The number of aryl methyl sites for hydroxylation is 2. The molecule has 0 atom stereocenters. The first kappa shape index (κ1) is 23.7.